The number of hydrogen-bond donors (Lipinski definition) is 1. The number of hydrogen-bond acceptors (Lipinski definition) is 2. The van der Waals surface area contributed by atoms with Crippen LogP contribution in [-0.4, -0.2) is 24.7 Å². The molecule has 1 atom stereocenters. The van der Waals surface area contributed by atoms with Crippen LogP contribution in [0.2, 0.25) is 5.02 Å². The van der Waals surface area contributed by atoms with Gasteiger partial charge >= 0.3 is 0 Å². The lowest BCUT2D eigenvalue weighted by molar-refractivity contribution is 0.196. The zero-order valence-electron chi connectivity index (χ0n) is 12.7. The van der Waals surface area contributed by atoms with Crippen LogP contribution in [0.3, 0.4) is 0 Å². The Bertz CT molecular complexity index is 500. The number of benzene rings is 1. The van der Waals surface area contributed by atoms with Gasteiger partial charge in [-0.3, -0.25) is 0 Å². The van der Waals surface area contributed by atoms with Gasteiger partial charge in [0.1, 0.15) is 0 Å². The number of rotatable bonds is 2. The summed E-state index contributed by atoms with van der Waals surface area (Å²) >= 11 is 10.0. The lowest BCUT2D eigenvalue weighted by Gasteiger charge is -2.50. The van der Waals surface area contributed by atoms with Crippen LogP contribution in [0.25, 0.3) is 0 Å². The lowest BCUT2D eigenvalue weighted by Crippen LogP contribution is -2.65. The van der Waals surface area contributed by atoms with Gasteiger partial charge in [0.15, 0.2) is 0 Å². The normalized spacial score (nSPS) is 25.3. The molecule has 0 bridgehead atoms. The first-order valence-corrected chi connectivity index (χ1v) is 9.27. The van der Waals surface area contributed by atoms with Gasteiger partial charge in [-0.05, 0) is 37.5 Å². The van der Waals surface area contributed by atoms with Crippen molar-refractivity contribution in [3.05, 3.63) is 27.7 Å². The molecule has 1 N–H and O–H groups in total. The zero-order chi connectivity index (χ0) is 14.9. The highest BCUT2D eigenvalue weighted by Crippen LogP contribution is 2.37. The maximum atomic E-state index is 6.52. The lowest BCUT2D eigenvalue weighted by atomic mass is 9.79. The van der Waals surface area contributed by atoms with Gasteiger partial charge in [-0.2, -0.15) is 0 Å². The maximum Gasteiger partial charge on any atom is 0.0650 e. The van der Waals surface area contributed by atoms with Crippen LogP contribution in [0.1, 0.15) is 45.4 Å². The van der Waals surface area contributed by atoms with E-state index in [4.69, 9.17) is 11.6 Å². The molecule has 1 heterocycles. The summed E-state index contributed by atoms with van der Waals surface area (Å²) in [5.74, 6) is 0. The van der Waals surface area contributed by atoms with Crippen molar-refractivity contribution < 1.29 is 0 Å². The summed E-state index contributed by atoms with van der Waals surface area (Å²) in [4.78, 5) is 2.55. The molecule has 0 aromatic heterocycles. The van der Waals surface area contributed by atoms with E-state index < -0.39 is 0 Å². The molecule has 2 fully saturated rings. The first kappa shape index (κ1) is 15.6. The average Bonchev–Trinajstić information content (AvgIpc) is 2.48. The van der Waals surface area contributed by atoms with Crippen molar-refractivity contribution in [3.63, 3.8) is 0 Å². The third-order valence-electron chi connectivity index (χ3n) is 5.13. The topological polar surface area (TPSA) is 15.3 Å². The van der Waals surface area contributed by atoms with Gasteiger partial charge in [-0.25, -0.2) is 0 Å². The van der Waals surface area contributed by atoms with Crippen LogP contribution in [0.15, 0.2) is 22.7 Å². The van der Waals surface area contributed by atoms with Crippen molar-refractivity contribution in [2.75, 3.05) is 18.0 Å². The van der Waals surface area contributed by atoms with Gasteiger partial charge in [0.2, 0.25) is 0 Å². The molecule has 1 saturated heterocycles. The highest BCUT2D eigenvalue weighted by Gasteiger charge is 2.39. The molecule has 4 heteroatoms. The van der Waals surface area contributed by atoms with Crippen LogP contribution in [-0.2, 0) is 0 Å². The molecule has 1 saturated carbocycles. The minimum absolute atomic E-state index is 0.306. The molecular formula is C17H24BrClN2. The van der Waals surface area contributed by atoms with Crippen molar-refractivity contribution in [2.45, 2.75) is 57.0 Å². The Morgan fingerprint density at radius 1 is 1.33 bits per heavy atom. The van der Waals surface area contributed by atoms with Crippen molar-refractivity contribution in [2.24, 2.45) is 0 Å². The molecule has 1 aliphatic heterocycles. The van der Waals surface area contributed by atoms with E-state index in [-0.39, 0.29) is 0 Å². The summed E-state index contributed by atoms with van der Waals surface area (Å²) in [7, 11) is 0. The number of nitrogens with one attached hydrogen (secondary N) is 1. The molecule has 1 spiro atoms. The number of anilines is 1. The highest BCUT2D eigenvalue weighted by molar-refractivity contribution is 9.10. The first-order valence-electron chi connectivity index (χ1n) is 8.10. The smallest absolute Gasteiger partial charge is 0.0650 e. The Labute approximate surface area is 141 Å². The molecule has 0 radical (unpaired) electrons. The summed E-state index contributed by atoms with van der Waals surface area (Å²) < 4.78 is 1.05. The van der Waals surface area contributed by atoms with Gasteiger partial charge in [0.05, 0.1) is 10.7 Å². The van der Waals surface area contributed by atoms with Crippen LogP contribution in [0, 0.1) is 0 Å². The first-order chi connectivity index (χ1) is 10.1. The monoisotopic (exact) mass is 370 g/mol. The molecule has 1 aliphatic carbocycles. The van der Waals surface area contributed by atoms with E-state index >= 15 is 0 Å². The van der Waals surface area contributed by atoms with Gasteiger partial charge in [-0.1, -0.05) is 53.7 Å². The standard InChI is InChI=1S/C17H24BrClN2/c1-2-14-11-20-17(8-4-3-5-9-17)12-21(14)16-7-6-13(18)10-15(16)19/h6-7,10,14,20H,2-5,8-9,11-12H2,1H3. The zero-order valence-corrected chi connectivity index (χ0v) is 15.0. The van der Waals surface area contributed by atoms with Gasteiger partial charge in [-0.15, -0.1) is 0 Å². The van der Waals surface area contributed by atoms with E-state index in [0.717, 1.165) is 29.0 Å². The minimum Gasteiger partial charge on any atom is -0.364 e. The molecule has 3 rings (SSSR count). The summed E-state index contributed by atoms with van der Waals surface area (Å²) in [6.45, 7) is 4.43. The Balaban J connectivity index is 1.88. The van der Waals surface area contributed by atoms with E-state index in [1.54, 1.807) is 0 Å². The summed E-state index contributed by atoms with van der Waals surface area (Å²) in [5.41, 5.74) is 1.50. The third-order valence-corrected chi connectivity index (χ3v) is 5.92. The van der Waals surface area contributed by atoms with Crippen LogP contribution in [0.5, 0.6) is 0 Å². The molecule has 2 nitrogen and oxygen atoms in total. The minimum atomic E-state index is 0.306. The van der Waals surface area contributed by atoms with Crippen LogP contribution < -0.4 is 10.2 Å². The Morgan fingerprint density at radius 2 is 2.10 bits per heavy atom. The summed E-state index contributed by atoms with van der Waals surface area (Å²) in [6.07, 6.45) is 7.84. The molecule has 1 aromatic rings. The molecule has 1 aromatic carbocycles. The Hall–Kier alpha value is -0.250. The van der Waals surface area contributed by atoms with E-state index in [1.807, 2.05) is 6.07 Å². The predicted octanol–water partition coefficient (Wildman–Crippen LogP) is 4.99. The van der Waals surface area contributed by atoms with Crippen molar-refractivity contribution in [1.82, 2.24) is 5.32 Å². The predicted molar refractivity (Wildman–Crippen MR) is 94.4 cm³/mol. The molecular weight excluding hydrogens is 348 g/mol. The third kappa shape index (κ3) is 3.25. The Kier molecular flexibility index (Phi) is 4.82. The number of halogens is 2. The maximum absolute atomic E-state index is 6.52. The van der Waals surface area contributed by atoms with Crippen molar-refractivity contribution in [3.8, 4) is 0 Å². The van der Waals surface area contributed by atoms with Gasteiger partial charge in [0, 0.05) is 29.1 Å². The van der Waals surface area contributed by atoms with Gasteiger partial charge in [0.25, 0.3) is 0 Å². The highest BCUT2D eigenvalue weighted by atomic mass is 79.9. The molecule has 116 valence electrons. The molecule has 21 heavy (non-hydrogen) atoms. The van der Waals surface area contributed by atoms with E-state index in [9.17, 15) is 0 Å². The van der Waals surface area contributed by atoms with Crippen LogP contribution in [0.4, 0.5) is 5.69 Å². The summed E-state index contributed by atoms with van der Waals surface area (Å²) in [6, 6.07) is 6.82. The number of nitrogens with zero attached hydrogens (tertiary/aromatic N) is 1. The second-order valence-electron chi connectivity index (χ2n) is 6.51. The van der Waals surface area contributed by atoms with Crippen LogP contribution >= 0.6 is 27.5 Å². The molecule has 0 amide bonds. The quantitative estimate of drug-likeness (QED) is 0.787. The van der Waals surface area contributed by atoms with E-state index in [0.29, 0.717) is 11.6 Å². The molecule has 2 aliphatic rings. The van der Waals surface area contributed by atoms with Crippen molar-refractivity contribution >= 4 is 33.2 Å². The SMILES string of the molecule is CCC1CNC2(CCCCC2)CN1c1ccc(Br)cc1Cl. The fourth-order valence-corrected chi connectivity index (χ4v) is 4.66. The number of piperazine rings is 1. The second kappa shape index (κ2) is 6.47. The fourth-order valence-electron chi connectivity index (χ4n) is 3.88. The second-order valence-corrected chi connectivity index (χ2v) is 7.83. The van der Waals surface area contributed by atoms with Crippen molar-refractivity contribution in [1.29, 1.82) is 0 Å². The van der Waals surface area contributed by atoms with E-state index in [1.165, 1.54) is 37.8 Å². The fraction of sp³-hybridized carbons (Fsp3) is 0.647. The average molecular weight is 372 g/mol. The summed E-state index contributed by atoms with van der Waals surface area (Å²) in [5, 5.41) is 4.73. The largest absolute Gasteiger partial charge is 0.364 e. The van der Waals surface area contributed by atoms with Gasteiger partial charge < -0.3 is 10.2 Å². The Morgan fingerprint density at radius 3 is 2.76 bits per heavy atom. The van der Waals surface area contributed by atoms with E-state index in [2.05, 4.69) is 45.2 Å². The molecule has 1 unspecified atom stereocenters.